The van der Waals surface area contributed by atoms with Gasteiger partial charge in [0.05, 0.1) is 10.7 Å². The number of alkyl halides is 2. The van der Waals surface area contributed by atoms with Gasteiger partial charge in [0.2, 0.25) is 0 Å². The van der Waals surface area contributed by atoms with Gasteiger partial charge in [-0.3, -0.25) is 4.79 Å². The fourth-order valence-corrected chi connectivity index (χ4v) is 4.61. The maximum Gasteiger partial charge on any atom is 0.387 e. The molecule has 1 saturated heterocycles. The molecule has 144 valence electrons. The Morgan fingerprint density at radius 1 is 1.27 bits per heavy atom. The molecule has 0 aromatic heterocycles. The van der Waals surface area contributed by atoms with Gasteiger partial charge in [0.1, 0.15) is 5.75 Å². The first-order chi connectivity index (χ1) is 12.4. The zero-order chi connectivity index (χ0) is 18.7. The van der Waals surface area contributed by atoms with Gasteiger partial charge >= 0.3 is 12.6 Å². The first-order valence-electron chi connectivity index (χ1n) is 9.08. The van der Waals surface area contributed by atoms with Crippen LogP contribution in [0.2, 0.25) is 5.02 Å². The summed E-state index contributed by atoms with van der Waals surface area (Å²) in [7, 11) is 0. The highest BCUT2D eigenvalue weighted by Gasteiger charge is 2.38. The van der Waals surface area contributed by atoms with Crippen LogP contribution in [0.4, 0.5) is 14.5 Å². The summed E-state index contributed by atoms with van der Waals surface area (Å²) in [5, 5.41) is 9.49. The van der Waals surface area contributed by atoms with Crippen LogP contribution in [0.1, 0.15) is 44.9 Å². The van der Waals surface area contributed by atoms with E-state index in [2.05, 4.69) is 9.64 Å². The van der Waals surface area contributed by atoms with Gasteiger partial charge in [0.25, 0.3) is 0 Å². The molecule has 0 unspecified atom stereocenters. The van der Waals surface area contributed by atoms with E-state index in [-0.39, 0.29) is 17.6 Å². The van der Waals surface area contributed by atoms with E-state index in [4.69, 9.17) is 16.7 Å². The van der Waals surface area contributed by atoms with Gasteiger partial charge < -0.3 is 14.7 Å². The van der Waals surface area contributed by atoms with Crippen molar-refractivity contribution >= 4 is 23.3 Å². The van der Waals surface area contributed by atoms with Crippen molar-refractivity contribution in [2.45, 2.75) is 51.6 Å². The zero-order valence-corrected chi connectivity index (χ0v) is 15.4. The van der Waals surface area contributed by atoms with Crippen LogP contribution in [0.3, 0.4) is 0 Å². The second-order valence-corrected chi connectivity index (χ2v) is 7.93. The summed E-state index contributed by atoms with van der Waals surface area (Å²) in [6.45, 7) is -1.21. The van der Waals surface area contributed by atoms with E-state index in [9.17, 15) is 13.6 Å². The van der Waals surface area contributed by atoms with Gasteiger partial charge in [0, 0.05) is 25.6 Å². The second kappa shape index (κ2) is 7.99. The highest BCUT2D eigenvalue weighted by Crippen LogP contribution is 2.48. The fourth-order valence-electron chi connectivity index (χ4n) is 4.37. The zero-order valence-electron chi connectivity index (χ0n) is 14.6. The molecule has 1 aliphatic carbocycles. The summed E-state index contributed by atoms with van der Waals surface area (Å²) in [6.07, 6.45) is 6.40. The number of piperidine rings is 1. The minimum atomic E-state index is -2.85. The summed E-state index contributed by atoms with van der Waals surface area (Å²) < 4.78 is 29.4. The molecule has 2 aliphatic rings. The minimum absolute atomic E-state index is 0.119. The number of rotatable bonds is 5. The molecule has 2 fully saturated rings. The molecule has 1 aliphatic heterocycles. The van der Waals surface area contributed by atoms with Crippen LogP contribution in [0.15, 0.2) is 18.2 Å². The van der Waals surface area contributed by atoms with Crippen LogP contribution in [-0.4, -0.2) is 30.8 Å². The summed E-state index contributed by atoms with van der Waals surface area (Å²) in [5.41, 5.74) is 1.02. The third-order valence-corrected chi connectivity index (χ3v) is 6.26. The lowest BCUT2D eigenvalue weighted by Gasteiger charge is -2.46. The molecule has 0 bridgehead atoms. The third-order valence-electron chi connectivity index (χ3n) is 5.94. The minimum Gasteiger partial charge on any atom is -0.481 e. The Morgan fingerprint density at radius 2 is 1.92 bits per heavy atom. The lowest BCUT2D eigenvalue weighted by atomic mass is 9.65. The summed E-state index contributed by atoms with van der Waals surface area (Å²) in [4.78, 5) is 13.0. The molecule has 4 nitrogen and oxygen atoms in total. The summed E-state index contributed by atoms with van der Waals surface area (Å²) in [5.74, 6) is -0.288. The normalized spacial score (nSPS) is 20.5. The molecule has 7 heteroatoms. The van der Waals surface area contributed by atoms with Crippen molar-refractivity contribution in [2.24, 2.45) is 11.3 Å². The molecule has 26 heavy (non-hydrogen) atoms. The number of nitrogens with zero attached hydrogens (tertiary/aromatic N) is 1. The van der Waals surface area contributed by atoms with Gasteiger partial charge in [-0.2, -0.15) is 8.78 Å². The van der Waals surface area contributed by atoms with Crippen LogP contribution in [0, 0.1) is 11.3 Å². The van der Waals surface area contributed by atoms with Crippen molar-refractivity contribution in [1.82, 2.24) is 0 Å². The van der Waals surface area contributed by atoms with E-state index in [1.54, 1.807) is 12.1 Å². The number of aliphatic carboxylic acids is 1. The molecule has 0 atom stereocenters. The number of carboxylic acids is 1. The predicted octanol–water partition coefficient (Wildman–Crippen LogP) is 5.19. The number of ether oxygens (including phenoxy) is 1. The van der Waals surface area contributed by atoms with Crippen LogP contribution in [0.25, 0.3) is 0 Å². The number of benzene rings is 1. The Hall–Kier alpha value is -1.56. The van der Waals surface area contributed by atoms with E-state index < -0.39 is 12.6 Å². The van der Waals surface area contributed by atoms with Gasteiger partial charge in [-0.25, -0.2) is 0 Å². The molecule has 0 amide bonds. The summed E-state index contributed by atoms with van der Waals surface area (Å²) in [6, 6.07) is 4.62. The quantitative estimate of drug-likeness (QED) is 0.755. The van der Waals surface area contributed by atoms with Crippen LogP contribution >= 0.6 is 11.6 Å². The van der Waals surface area contributed by atoms with E-state index in [0.29, 0.717) is 10.9 Å². The molecule has 1 saturated carbocycles. The third kappa shape index (κ3) is 4.58. The van der Waals surface area contributed by atoms with E-state index in [0.717, 1.165) is 57.3 Å². The van der Waals surface area contributed by atoms with Crippen molar-refractivity contribution in [1.29, 1.82) is 0 Å². The van der Waals surface area contributed by atoms with Crippen LogP contribution in [-0.2, 0) is 4.79 Å². The van der Waals surface area contributed by atoms with Crippen molar-refractivity contribution in [3.05, 3.63) is 23.2 Å². The largest absolute Gasteiger partial charge is 0.481 e. The Morgan fingerprint density at radius 3 is 2.50 bits per heavy atom. The van der Waals surface area contributed by atoms with E-state index in [1.165, 1.54) is 6.07 Å². The Bertz CT molecular complexity index is 638. The smallest absolute Gasteiger partial charge is 0.387 e. The summed E-state index contributed by atoms with van der Waals surface area (Å²) >= 11 is 6.27. The predicted molar refractivity (Wildman–Crippen MR) is 96.2 cm³/mol. The molecule has 1 heterocycles. The maximum absolute atomic E-state index is 12.4. The molecule has 3 rings (SSSR count). The average Bonchev–Trinajstić information content (AvgIpc) is 2.59. The lowest BCUT2D eigenvalue weighted by molar-refractivity contribution is -0.138. The molecular formula is C19H24ClF2NO3. The maximum atomic E-state index is 12.4. The first-order valence-corrected chi connectivity index (χ1v) is 9.46. The average molecular weight is 388 g/mol. The Kier molecular flexibility index (Phi) is 5.90. The molecular weight excluding hydrogens is 364 g/mol. The number of halogens is 3. The molecule has 1 N–H and O–H groups in total. The van der Waals surface area contributed by atoms with Gasteiger partial charge in [-0.15, -0.1) is 0 Å². The monoisotopic (exact) mass is 387 g/mol. The Labute approximate surface area is 157 Å². The van der Waals surface area contributed by atoms with Crippen molar-refractivity contribution in [2.75, 3.05) is 18.0 Å². The number of hydrogen-bond donors (Lipinski definition) is 1. The first kappa shape index (κ1) is 19.2. The standard InChI is InChI=1S/C19H24ClF2NO3/c20-15-2-1-14(26-18(21)22)12-16(15)23-9-7-19(8-10-23)5-3-13(4-6-19)11-17(24)25/h1-2,12-13,18H,3-11H2,(H,24,25). The molecule has 1 aromatic rings. The van der Waals surface area contributed by atoms with E-state index in [1.807, 2.05) is 0 Å². The van der Waals surface area contributed by atoms with E-state index >= 15 is 0 Å². The fraction of sp³-hybridized carbons (Fsp3) is 0.632. The van der Waals surface area contributed by atoms with Crippen molar-refractivity contribution < 1.29 is 23.4 Å². The molecule has 1 spiro atoms. The molecule has 1 aromatic carbocycles. The molecule has 0 radical (unpaired) electrons. The van der Waals surface area contributed by atoms with Crippen molar-refractivity contribution in [3.63, 3.8) is 0 Å². The highest BCUT2D eigenvalue weighted by molar-refractivity contribution is 6.33. The van der Waals surface area contributed by atoms with Gasteiger partial charge in [-0.05, 0) is 62.0 Å². The topological polar surface area (TPSA) is 49.8 Å². The Balaban J connectivity index is 1.60. The van der Waals surface area contributed by atoms with Crippen LogP contribution in [0.5, 0.6) is 5.75 Å². The number of hydrogen-bond acceptors (Lipinski definition) is 3. The number of anilines is 1. The highest BCUT2D eigenvalue weighted by atomic mass is 35.5. The van der Waals surface area contributed by atoms with Crippen molar-refractivity contribution in [3.8, 4) is 5.75 Å². The van der Waals surface area contributed by atoms with Gasteiger partial charge in [0.15, 0.2) is 0 Å². The van der Waals surface area contributed by atoms with Gasteiger partial charge in [-0.1, -0.05) is 11.6 Å². The number of carbonyl (C=O) groups is 1. The lowest BCUT2D eigenvalue weighted by Crippen LogP contribution is -2.42. The SMILES string of the molecule is O=C(O)CC1CCC2(CC1)CCN(c1cc(OC(F)F)ccc1Cl)CC2. The second-order valence-electron chi connectivity index (χ2n) is 7.52. The number of carboxylic acid groups (broad SMARTS) is 1. The van der Waals surface area contributed by atoms with Crippen LogP contribution < -0.4 is 9.64 Å².